The molecule has 4 aliphatic rings. The molecule has 0 unspecified atom stereocenters. The van der Waals surface area contributed by atoms with Crippen LogP contribution >= 0.6 is 0 Å². The molecule has 13 heavy (non-hydrogen) atoms. The maximum Gasteiger partial charge on any atom is 0.231 e. The Hall–Kier alpha value is -1.12. The highest BCUT2D eigenvalue weighted by Crippen LogP contribution is 2.46. The van der Waals surface area contributed by atoms with Crippen molar-refractivity contribution in [3.8, 4) is 0 Å². The number of allylic oxidation sites excluding steroid dienone is 2. The summed E-state index contributed by atoms with van der Waals surface area (Å²) in [5.41, 5.74) is 0. The summed E-state index contributed by atoms with van der Waals surface area (Å²) in [5, 5.41) is 2.44. The minimum Gasteiger partial charge on any atom is -0.296 e. The number of amides is 2. The molecule has 0 aromatic rings. The van der Waals surface area contributed by atoms with E-state index in [-0.39, 0.29) is 23.7 Å². The van der Waals surface area contributed by atoms with Crippen molar-refractivity contribution in [1.29, 1.82) is 0 Å². The van der Waals surface area contributed by atoms with Gasteiger partial charge in [0, 0.05) is 0 Å². The number of hydrogen-bond donors (Lipinski definition) is 1. The van der Waals surface area contributed by atoms with Gasteiger partial charge in [-0.05, 0) is 24.7 Å². The van der Waals surface area contributed by atoms with Gasteiger partial charge in [-0.3, -0.25) is 14.9 Å². The van der Waals surface area contributed by atoms with E-state index in [1.54, 1.807) is 0 Å². The van der Waals surface area contributed by atoms with Crippen LogP contribution in [0.2, 0.25) is 0 Å². The Labute approximate surface area is 76.2 Å². The summed E-state index contributed by atoms with van der Waals surface area (Å²) in [4.78, 5) is 22.9. The summed E-state index contributed by atoms with van der Waals surface area (Å²) < 4.78 is 0. The third kappa shape index (κ3) is 0.794. The van der Waals surface area contributed by atoms with Crippen molar-refractivity contribution in [2.24, 2.45) is 23.7 Å². The quantitative estimate of drug-likeness (QED) is 0.432. The molecule has 2 amide bonds. The lowest BCUT2D eigenvalue weighted by Crippen LogP contribution is -2.38. The minimum absolute atomic E-state index is 0.0451. The largest absolute Gasteiger partial charge is 0.296 e. The van der Waals surface area contributed by atoms with E-state index >= 15 is 0 Å². The summed E-state index contributed by atoms with van der Waals surface area (Å²) in [6, 6.07) is 0. The van der Waals surface area contributed by atoms with Crippen molar-refractivity contribution in [3.63, 3.8) is 0 Å². The zero-order valence-corrected chi connectivity index (χ0v) is 7.19. The molecule has 3 heteroatoms. The Balaban J connectivity index is 2.07. The molecule has 4 rings (SSSR count). The Morgan fingerprint density at radius 3 is 1.85 bits per heavy atom. The van der Waals surface area contributed by atoms with Gasteiger partial charge in [0.15, 0.2) is 0 Å². The molecule has 0 aromatic heterocycles. The van der Waals surface area contributed by atoms with Crippen molar-refractivity contribution in [2.45, 2.75) is 12.8 Å². The maximum absolute atomic E-state index is 11.4. The van der Waals surface area contributed by atoms with Gasteiger partial charge in [-0.25, -0.2) is 0 Å². The van der Waals surface area contributed by atoms with E-state index in [9.17, 15) is 9.59 Å². The molecule has 1 heterocycles. The van der Waals surface area contributed by atoms with Crippen LogP contribution < -0.4 is 5.32 Å². The van der Waals surface area contributed by atoms with E-state index < -0.39 is 0 Å². The number of carbonyl (C=O) groups is 2. The minimum atomic E-state index is -0.0472. The second-order valence-corrected chi connectivity index (χ2v) is 4.20. The van der Waals surface area contributed by atoms with Crippen molar-refractivity contribution in [2.75, 3.05) is 0 Å². The van der Waals surface area contributed by atoms with Crippen molar-refractivity contribution in [1.82, 2.24) is 5.32 Å². The van der Waals surface area contributed by atoms with Gasteiger partial charge >= 0.3 is 0 Å². The van der Waals surface area contributed by atoms with Crippen molar-refractivity contribution in [3.05, 3.63) is 12.2 Å². The first-order valence-electron chi connectivity index (χ1n) is 4.80. The molecule has 1 N–H and O–H groups in total. The van der Waals surface area contributed by atoms with Gasteiger partial charge in [-0.2, -0.15) is 0 Å². The molecular formula is C10H11NO2. The lowest BCUT2D eigenvalue weighted by atomic mass is 9.63. The zero-order valence-electron chi connectivity index (χ0n) is 7.19. The highest BCUT2D eigenvalue weighted by atomic mass is 16.2. The van der Waals surface area contributed by atoms with Gasteiger partial charge in [0.25, 0.3) is 0 Å². The lowest BCUT2D eigenvalue weighted by molar-refractivity contribution is -0.126. The second kappa shape index (κ2) is 2.22. The molecule has 0 radical (unpaired) electrons. The summed E-state index contributed by atoms with van der Waals surface area (Å²) >= 11 is 0. The maximum atomic E-state index is 11.4. The number of rotatable bonds is 0. The smallest absolute Gasteiger partial charge is 0.231 e. The van der Waals surface area contributed by atoms with Crippen LogP contribution in [0.15, 0.2) is 12.2 Å². The Morgan fingerprint density at radius 1 is 1.00 bits per heavy atom. The Bertz CT molecular complexity index is 291. The van der Waals surface area contributed by atoms with Crippen LogP contribution in [-0.4, -0.2) is 11.8 Å². The Morgan fingerprint density at radius 2 is 1.46 bits per heavy atom. The van der Waals surface area contributed by atoms with E-state index in [1.165, 1.54) is 0 Å². The predicted molar refractivity (Wildman–Crippen MR) is 45.5 cm³/mol. The molecule has 2 fully saturated rings. The van der Waals surface area contributed by atoms with E-state index in [4.69, 9.17) is 0 Å². The van der Waals surface area contributed by atoms with Crippen molar-refractivity contribution < 1.29 is 9.59 Å². The fourth-order valence-electron chi connectivity index (χ4n) is 3.00. The van der Waals surface area contributed by atoms with Crippen LogP contribution in [0.1, 0.15) is 12.8 Å². The van der Waals surface area contributed by atoms with Gasteiger partial charge in [0.2, 0.25) is 11.8 Å². The molecule has 1 aliphatic heterocycles. The number of hydrogen-bond acceptors (Lipinski definition) is 2. The molecule has 0 aromatic carbocycles. The van der Waals surface area contributed by atoms with E-state index in [0.29, 0.717) is 11.8 Å². The van der Waals surface area contributed by atoms with Gasteiger partial charge in [-0.15, -0.1) is 0 Å². The van der Waals surface area contributed by atoms with Gasteiger partial charge < -0.3 is 0 Å². The zero-order chi connectivity index (χ0) is 9.00. The first-order valence-corrected chi connectivity index (χ1v) is 4.80. The third-order valence-corrected chi connectivity index (χ3v) is 3.60. The molecule has 0 spiro atoms. The van der Waals surface area contributed by atoms with Crippen LogP contribution in [0.4, 0.5) is 0 Å². The molecule has 2 bridgehead atoms. The van der Waals surface area contributed by atoms with E-state index in [2.05, 4.69) is 17.5 Å². The SMILES string of the molecule is O=C1NC(=O)[C@@H]2[C@@H]1[C@H]1C=C[C@H]2CC1. The van der Waals surface area contributed by atoms with Crippen LogP contribution in [0, 0.1) is 23.7 Å². The fourth-order valence-corrected chi connectivity index (χ4v) is 3.00. The third-order valence-electron chi connectivity index (χ3n) is 3.60. The number of nitrogens with one attached hydrogen (secondary N) is 1. The summed E-state index contributed by atoms with van der Waals surface area (Å²) in [6.45, 7) is 0. The molecule has 3 aliphatic carbocycles. The number of fused-ring (bicyclic) bond motifs is 1. The monoisotopic (exact) mass is 177 g/mol. The summed E-state index contributed by atoms with van der Waals surface area (Å²) in [7, 11) is 0. The molecular weight excluding hydrogens is 166 g/mol. The predicted octanol–water partition coefficient (Wildman–Crippen LogP) is 0.471. The van der Waals surface area contributed by atoms with E-state index in [0.717, 1.165) is 12.8 Å². The van der Waals surface area contributed by atoms with Crippen LogP contribution in [0.5, 0.6) is 0 Å². The van der Waals surface area contributed by atoms with Crippen molar-refractivity contribution >= 4 is 11.8 Å². The second-order valence-electron chi connectivity index (χ2n) is 4.20. The highest BCUT2D eigenvalue weighted by molar-refractivity contribution is 6.05. The highest BCUT2D eigenvalue weighted by Gasteiger charge is 2.52. The van der Waals surface area contributed by atoms with Crippen LogP contribution in [0.3, 0.4) is 0 Å². The van der Waals surface area contributed by atoms with Gasteiger partial charge in [0.05, 0.1) is 11.8 Å². The standard InChI is InChI=1S/C10H11NO2/c12-9-7-5-1-2-6(4-3-5)8(7)10(13)11-9/h1-2,5-8H,3-4H2,(H,11,12,13)/t5-,6-,7-,8-/m0/s1. The van der Waals surface area contributed by atoms with Crippen LogP contribution in [0.25, 0.3) is 0 Å². The number of carbonyl (C=O) groups excluding carboxylic acids is 2. The Kier molecular flexibility index (Phi) is 1.25. The topological polar surface area (TPSA) is 46.2 Å². The average Bonchev–Trinajstić information content (AvgIpc) is 2.47. The average molecular weight is 177 g/mol. The summed E-state index contributed by atoms with van der Waals surface area (Å²) in [5.74, 6) is 0.457. The normalized spacial score (nSPS) is 46.5. The molecule has 1 saturated carbocycles. The molecule has 4 atom stereocenters. The first-order chi connectivity index (χ1) is 6.27. The van der Waals surface area contributed by atoms with Gasteiger partial charge in [0.1, 0.15) is 0 Å². The first kappa shape index (κ1) is 7.30. The lowest BCUT2D eigenvalue weighted by Gasteiger charge is -2.38. The van der Waals surface area contributed by atoms with Crippen LogP contribution in [-0.2, 0) is 9.59 Å². The van der Waals surface area contributed by atoms with Gasteiger partial charge in [-0.1, -0.05) is 12.2 Å². The molecule has 68 valence electrons. The van der Waals surface area contributed by atoms with E-state index in [1.807, 2.05) is 0 Å². The molecule has 3 nitrogen and oxygen atoms in total. The summed E-state index contributed by atoms with van der Waals surface area (Å²) in [6.07, 6.45) is 6.38. The molecule has 1 saturated heterocycles. The fraction of sp³-hybridized carbons (Fsp3) is 0.600. The number of imide groups is 1.